The molecule has 0 aromatic carbocycles. The van der Waals surface area contributed by atoms with Crippen molar-refractivity contribution in [3.63, 3.8) is 0 Å². The third-order valence-electron chi connectivity index (χ3n) is 2.47. The largest absolute Gasteiger partial charge is 2.00 e. The third-order valence-corrected chi connectivity index (χ3v) is 13.2. The van der Waals surface area contributed by atoms with Gasteiger partial charge in [0.25, 0.3) is 0 Å². The van der Waals surface area contributed by atoms with Crippen molar-refractivity contribution in [2.75, 3.05) is 0 Å². The zero-order valence-corrected chi connectivity index (χ0v) is 27.2. The van der Waals surface area contributed by atoms with E-state index in [1.807, 2.05) is 36.4 Å². The van der Waals surface area contributed by atoms with Gasteiger partial charge in [0.2, 0.25) is 0 Å². The van der Waals surface area contributed by atoms with Gasteiger partial charge in [-0.25, -0.2) is 0 Å². The Labute approximate surface area is 208 Å². The molecule has 0 N–H and O–H groups in total. The van der Waals surface area contributed by atoms with Crippen molar-refractivity contribution in [1.82, 2.24) is 9.97 Å². The van der Waals surface area contributed by atoms with Crippen LogP contribution >= 0.6 is 0 Å². The molecule has 0 aliphatic carbocycles. The number of pyridine rings is 2. The first-order valence-electron chi connectivity index (χ1n) is 10.6. The minimum absolute atomic E-state index is 0. The summed E-state index contributed by atoms with van der Waals surface area (Å²) in [4.78, 5) is 7.57. The Hall–Kier alpha value is -0.380. The van der Waals surface area contributed by atoms with Gasteiger partial charge in [-0.15, -0.1) is 0 Å². The van der Waals surface area contributed by atoms with Crippen LogP contribution < -0.4 is 0 Å². The molecule has 0 saturated heterocycles. The zero-order chi connectivity index (χ0) is 23.9. The number of hydrogen-bond acceptors (Lipinski definition) is 2. The van der Waals surface area contributed by atoms with E-state index < -0.39 is 32.9 Å². The first-order valence-corrected chi connectivity index (χ1v) is 24.4. The standard InChI is InChI=1S/2C6H18NSi2.2C5H5N.Cr/c2*1-8(2,3)7-9(4,5)6;2*1-2-4-6-5-3-1;/h2*1-6H3;2*1-5H;/q2*-1;;;+2. The van der Waals surface area contributed by atoms with Gasteiger partial charge in [-0.1, -0.05) is 124 Å². The molecule has 0 aliphatic rings. The van der Waals surface area contributed by atoms with Gasteiger partial charge >= 0.3 is 17.4 Å². The molecule has 2 rings (SSSR count). The van der Waals surface area contributed by atoms with Crippen LogP contribution in [0.1, 0.15) is 0 Å². The number of aromatic nitrogens is 2. The maximum absolute atomic E-state index is 4.82. The van der Waals surface area contributed by atoms with E-state index >= 15 is 0 Å². The predicted molar refractivity (Wildman–Crippen MR) is 149 cm³/mol. The zero-order valence-electron chi connectivity index (χ0n) is 22.0. The summed E-state index contributed by atoms with van der Waals surface area (Å²) in [5.41, 5.74) is 0. The summed E-state index contributed by atoms with van der Waals surface area (Å²) in [6, 6.07) is 11.4. The fourth-order valence-corrected chi connectivity index (χ4v) is 18.7. The van der Waals surface area contributed by atoms with Crippen LogP contribution in [0.4, 0.5) is 0 Å². The summed E-state index contributed by atoms with van der Waals surface area (Å²) in [6.07, 6.45) is 7.00. The maximum Gasteiger partial charge on any atom is 2.00 e. The van der Waals surface area contributed by atoms with E-state index in [9.17, 15) is 0 Å². The van der Waals surface area contributed by atoms with Crippen molar-refractivity contribution in [3.05, 3.63) is 70.5 Å². The molecule has 0 fully saturated rings. The summed E-state index contributed by atoms with van der Waals surface area (Å²) in [6.45, 7) is 27.6. The van der Waals surface area contributed by atoms with Gasteiger partial charge in [0.15, 0.2) is 0 Å². The predicted octanol–water partition coefficient (Wildman–Crippen LogP) is 8.22. The fourth-order valence-electron chi connectivity index (χ4n) is 2.64. The second kappa shape index (κ2) is 17.1. The van der Waals surface area contributed by atoms with Gasteiger partial charge in [0.1, 0.15) is 0 Å². The molecule has 0 bridgehead atoms. The second-order valence-electron chi connectivity index (χ2n) is 11.0. The van der Waals surface area contributed by atoms with Crippen molar-refractivity contribution >= 4 is 32.9 Å². The molecular weight excluding hydrogens is 485 g/mol. The molecule has 0 amide bonds. The van der Waals surface area contributed by atoms with Crippen LogP contribution in [0.15, 0.2) is 61.2 Å². The fraction of sp³-hybridized carbons (Fsp3) is 0.545. The van der Waals surface area contributed by atoms with E-state index in [1.54, 1.807) is 24.8 Å². The molecule has 0 saturated carbocycles. The van der Waals surface area contributed by atoms with Gasteiger partial charge in [0.05, 0.1) is 0 Å². The summed E-state index contributed by atoms with van der Waals surface area (Å²) in [5, 5.41) is 0. The summed E-state index contributed by atoms with van der Waals surface area (Å²) in [5.74, 6) is 0. The van der Waals surface area contributed by atoms with Crippen molar-refractivity contribution in [3.8, 4) is 0 Å². The quantitative estimate of drug-likeness (QED) is 0.374. The van der Waals surface area contributed by atoms with Crippen LogP contribution in [0.5, 0.6) is 0 Å². The average Bonchev–Trinajstić information content (AvgIpc) is 2.53. The third kappa shape index (κ3) is 40.5. The van der Waals surface area contributed by atoms with E-state index in [-0.39, 0.29) is 17.4 Å². The van der Waals surface area contributed by atoms with E-state index in [2.05, 4.69) is 88.5 Å². The molecular formula is C22H46CrN4Si4. The second-order valence-corrected chi connectivity index (χ2v) is 30.1. The van der Waals surface area contributed by atoms with Crippen molar-refractivity contribution in [1.29, 1.82) is 0 Å². The topological polar surface area (TPSA) is 54.0 Å². The van der Waals surface area contributed by atoms with Gasteiger partial charge in [-0.05, 0) is 24.3 Å². The first kappa shape index (κ1) is 35.2. The number of rotatable bonds is 4. The molecule has 0 atom stereocenters. The van der Waals surface area contributed by atoms with Crippen molar-refractivity contribution < 1.29 is 17.4 Å². The molecule has 0 spiro atoms. The first-order chi connectivity index (χ1) is 13.4. The maximum atomic E-state index is 4.82. The van der Waals surface area contributed by atoms with E-state index in [0.717, 1.165) is 0 Å². The monoisotopic (exact) mass is 530 g/mol. The van der Waals surface area contributed by atoms with E-state index in [4.69, 9.17) is 9.30 Å². The summed E-state index contributed by atoms with van der Waals surface area (Å²) >= 11 is 0. The Morgan fingerprint density at radius 1 is 0.387 bits per heavy atom. The summed E-state index contributed by atoms with van der Waals surface area (Å²) < 4.78 is 9.64. The van der Waals surface area contributed by atoms with Crippen LogP contribution in [-0.4, -0.2) is 42.9 Å². The van der Waals surface area contributed by atoms with Crippen molar-refractivity contribution in [2.24, 2.45) is 0 Å². The van der Waals surface area contributed by atoms with Crippen LogP contribution in [-0.2, 0) is 17.4 Å². The minimum Gasteiger partial charge on any atom is -0.668 e. The van der Waals surface area contributed by atoms with Gasteiger partial charge in [0, 0.05) is 24.8 Å². The van der Waals surface area contributed by atoms with E-state index in [0.29, 0.717) is 0 Å². The molecule has 2 aromatic heterocycles. The van der Waals surface area contributed by atoms with Crippen molar-refractivity contribution in [2.45, 2.75) is 78.6 Å². The van der Waals surface area contributed by atoms with Crippen LogP contribution in [0.3, 0.4) is 0 Å². The summed E-state index contributed by atoms with van der Waals surface area (Å²) in [7, 11) is -4.42. The molecule has 176 valence electrons. The van der Waals surface area contributed by atoms with Crippen LogP contribution in [0.2, 0.25) is 78.6 Å². The van der Waals surface area contributed by atoms with Crippen LogP contribution in [0.25, 0.3) is 9.30 Å². The Morgan fingerprint density at radius 3 is 0.613 bits per heavy atom. The van der Waals surface area contributed by atoms with Gasteiger partial charge in [-0.2, -0.15) is 0 Å². The average molecular weight is 531 g/mol. The van der Waals surface area contributed by atoms with Gasteiger partial charge < -0.3 is 9.30 Å². The van der Waals surface area contributed by atoms with Gasteiger partial charge in [-0.3, -0.25) is 9.97 Å². The Morgan fingerprint density at radius 2 is 0.581 bits per heavy atom. The van der Waals surface area contributed by atoms with Crippen LogP contribution in [0, 0.1) is 0 Å². The molecule has 31 heavy (non-hydrogen) atoms. The molecule has 0 aliphatic heterocycles. The molecule has 4 nitrogen and oxygen atoms in total. The number of hydrogen-bond donors (Lipinski definition) is 0. The van der Waals surface area contributed by atoms with E-state index in [1.165, 1.54) is 0 Å². The Bertz CT molecular complexity index is 486. The Kier molecular flexibility index (Phi) is 19.5. The molecule has 0 unspecified atom stereocenters. The number of nitrogens with zero attached hydrogens (tertiary/aromatic N) is 4. The Balaban J connectivity index is -0.000000338. The minimum atomic E-state index is -1.11. The smallest absolute Gasteiger partial charge is 0.668 e. The molecule has 9 heteroatoms. The normalized spacial score (nSPS) is 11.2. The molecule has 0 radical (unpaired) electrons. The molecule has 2 heterocycles. The molecule has 2 aromatic rings. The SMILES string of the molecule is C[Si](C)(C)[N-][Si](C)(C)C.C[Si](C)(C)[N-][Si](C)(C)C.[Cr+2].c1ccncc1.c1ccncc1.